The Bertz CT molecular complexity index is 1260. The first-order valence-corrected chi connectivity index (χ1v) is 10.9. The predicted octanol–water partition coefficient (Wildman–Crippen LogP) is 4.45. The number of carbonyl (C=O) groups excluding carboxylic acids is 2. The Kier molecular flexibility index (Phi) is 5.17. The third-order valence-corrected chi connectivity index (χ3v) is 6.51. The number of amides is 2. The number of anilines is 2. The molecule has 2 N–H and O–H groups in total. The molecule has 0 spiro atoms. The van der Waals surface area contributed by atoms with E-state index < -0.39 is 0 Å². The van der Waals surface area contributed by atoms with Gasteiger partial charge in [-0.1, -0.05) is 12.5 Å². The lowest BCUT2D eigenvalue weighted by atomic mass is 10.0. The van der Waals surface area contributed by atoms with Gasteiger partial charge in [0, 0.05) is 16.6 Å². The lowest BCUT2D eigenvalue weighted by Gasteiger charge is -2.10. The number of carbonyl (C=O) groups is 2. The van der Waals surface area contributed by atoms with Gasteiger partial charge in [0.2, 0.25) is 0 Å². The Morgan fingerprint density at radius 1 is 0.935 bits per heavy atom. The SMILES string of the molecule is O=C(Nc1sc2c(c1C(=O)Nc1ccccn1)CCCCC2)c1ccc2nonc2c1. The molecule has 9 heteroatoms. The van der Waals surface area contributed by atoms with Crippen molar-refractivity contribution in [2.24, 2.45) is 0 Å². The van der Waals surface area contributed by atoms with Crippen molar-refractivity contribution in [1.29, 1.82) is 0 Å². The minimum absolute atomic E-state index is 0.260. The van der Waals surface area contributed by atoms with Crippen molar-refractivity contribution in [3.8, 4) is 0 Å². The number of hydrogen-bond donors (Lipinski definition) is 2. The van der Waals surface area contributed by atoms with Gasteiger partial charge in [-0.05, 0) is 71.9 Å². The van der Waals surface area contributed by atoms with Crippen LogP contribution in [0.1, 0.15) is 50.4 Å². The summed E-state index contributed by atoms with van der Waals surface area (Å²) in [5, 5.41) is 13.9. The van der Waals surface area contributed by atoms with Crippen molar-refractivity contribution in [3.63, 3.8) is 0 Å². The fraction of sp³-hybridized carbons (Fsp3) is 0.227. The summed E-state index contributed by atoms with van der Waals surface area (Å²) in [6.07, 6.45) is 6.60. The molecule has 2 amide bonds. The summed E-state index contributed by atoms with van der Waals surface area (Å²) in [6, 6.07) is 10.3. The highest BCUT2D eigenvalue weighted by Crippen LogP contribution is 2.38. The van der Waals surface area contributed by atoms with Crippen LogP contribution in [-0.2, 0) is 12.8 Å². The van der Waals surface area contributed by atoms with E-state index in [1.165, 1.54) is 11.3 Å². The zero-order chi connectivity index (χ0) is 21.2. The largest absolute Gasteiger partial charge is 0.313 e. The van der Waals surface area contributed by atoms with Crippen LogP contribution in [0.3, 0.4) is 0 Å². The maximum absolute atomic E-state index is 13.2. The maximum Gasteiger partial charge on any atom is 0.260 e. The molecule has 0 unspecified atom stereocenters. The van der Waals surface area contributed by atoms with E-state index in [9.17, 15) is 9.59 Å². The van der Waals surface area contributed by atoms with E-state index in [1.807, 2.05) is 6.07 Å². The van der Waals surface area contributed by atoms with Gasteiger partial charge in [0.1, 0.15) is 21.9 Å². The van der Waals surface area contributed by atoms with Crippen LogP contribution in [-0.4, -0.2) is 27.1 Å². The molecule has 3 heterocycles. The minimum Gasteiger partial charge on any atom is -0.313 e. The summed E-state index contributed by atoms with van der Waals surface area (Å²) in [5.41, 5.74) is 3.06. The van der Waals surface area contributed by atoms with Crippen molar-refractivity contribution < 1.29 is 14.2 Å². The van der Waals surface area contributed by atoms with Crippen molar-refractivity contribution in [2.75, 3.05) is 10.6 Å². The number of nitrogens with one attached hydrogen (secondary N) is 2. The lowest BCUT2D eigenvalue weighted by Crippen LogP contribution is -2.18. The van der Waals surface area contributed by atoms with Crippen LogP contribution in [0.15, 0.2) is 47.2 Å². The number of benzene rings is 1. The molecule has 0 bridgehead atoms. The van der Waals surface area contributed by atoms with Gasteiger partial charge in [-0.25, -0.2) is 9.61 Å². The Morgan fingerprint density at radius 2 is 1.81 bits per heavy atom. The van der Waals surface area contributed by atoms with E-state index in [-0.39, 0.29) is 11.8 Å². The van der Waals surface area contributed by atoms with Crippen LogP contribution in [0, 0.1) is 0 Å². The molecule has 0 atom stereocenters. The van der Waals surface area contributed by atoms with Crippen LogP contribution in [0.25, 0.3) is 11.0 Å². The van der Waals surface area contributed by atoms with Crippen LogP contribution in [0.2, 0.25) is 0 Å². The molecule has 0 aliphatic heterocycles. The molecular weight excluding hydrogens is 414 g/mol. The lowest BCUT2D eigenvalue weighted by molar-refractivity contribution is 0.102. The summed E-state index contributed by atoms with van der Waals surface area (Å²) in [5.74, 6) is -0.0971. The molecule has 1 aromatic carbocycles. The number of fused-ring (bicyclic) bond motifs is 2. The highest BCUT2D eigenvalue weighted by atomic mass is 32.1. The first kappa shape index (κ1) is 19.4. The van der Waals surface area contributed by atoms with Gasteiger partial charge in [0.15, 0.2) is 0 Å². The third-order valence-electron chi connectivity index (χ3n) is 5.30. The molecule has 156 valence electrons. The number of hydrogen-bond acceptors (Lipinski definition) is 7. The van der Waals surface area contributed by atoms with Gasteiger partial charge in [0.25, 0.3) is 11.8 Å². The fourth-order valence-corrected chi connectivity index (χ4v) is 5.07. The van der Waals surface area contributed by atoms with Crippen molar-refractivity contribution >= 4 is 45.0 Å². The topological polar surface area (TPSA) is 110 Å². The van der Waals surface area contributed by atoms with E-state index in [1.54, 1.807) is 36.5 Å². The molecule has 3 aromatic heterocycles. The summed E-state index contributed by atoms with van der Waals surface area (Å²) in [6.45, 7) is 0. The Morgan fingerprint density at radius 3 is 2.68 bits per heavy atom. The average molecular weight is 433 g/mol. The number of aromatic nitrogens is 3. The normalized spacial score (nSPS) is 13.4. The van der Waals surface area contributed by atoms with Gasteiger partial charge >= 0.3 is 0 Å². The molecule has 5 rings (SSSR count). The molecule has 31 heavy (non-hydrogen) atoms. The van der Waals surface area contributed by atoms with Crippen LogP contribution in [0.5, 0.6) is 0 Å². The molecular formula is C22H19N5O3S. The molecule has 1 aliphatic rings. The maximum atomic E-state index is 13.2. The number of thiophene rings is 1. The fourth-order valence-electron chi connectivity index (χ4n) is 3.79. The third kappa shape index (κ3) is 3.91. The molecule has 0 fully saturated rings. The van der Waals surface area contributed by atoms with Crippen molar-refractivity contribution in [3.05, 3.63) is 64.2 Å². The van der Waals surface area contributed by atoms with Gasteiger partial charge < -0.3 is 10.6 Å². The second-order valence-corrected chi connectivity index (χ2v) is 8.46. The van der Waals surface area contributed by atoms with Crippen molar-refractivity contribution in [2.45, 2.75) is 32.1 Å². The quantitative estimate of drug-likeness (QED) is 0.460. The van der Waals surface area contributed by atoms with E-state index in [2.05, 4.69) is 25.9 Å². The van der Waals surface area contributed by atoms with Gasteiger partial charge in [0.05, 0.1) is 5.56 Å². The number of rotatable bonds is 4. The Balaban J connectivity index is 1.48. The number of nitrogens with zero attached hydrogens (tertiary/aromatic N) is 3. The minimum atomic E-state index is -0.312. The Labute approximate surface area is 181 Å². The molecule has 1 aliphatic carbocycles. The molecule has 0 saturated carbocycles. The standard InChI is InChI=1S/C22H19N5O3S/c28-20(13-9-10-15-16(12-13)27-30-26-15)25-22-19(14-6-2-1-3-7-17(14)31-22)21(29)24-18-8-4-5-11-23-18/h4-5,8-12H,1-3,6-7H2,(H,25,28)(H,23,24,29). The van der Waals surface area contributed by atoms with Crippen LogP contribution >= 0.6 is 11.3 Å². The molecule has 4 aromatic rings. The second-order valence-electron chi connectivity index (χ2n) is 7.36. The van der Waals surface area contributed by atoms with Gasteiger partial charge in [-0.3, -0.25) is 9.59 Å². The Hall–Kier alpha value is -3.59. The van der Waals surface area contributed by atoms with Crippen LogP contribution in [0.4, 0.5) is 10.8 Å². The van der Waals surface area contributed by atoms with E-state index in [0.717, 1.165) is 42.5 Å². The summed E-state index contributed by atoms with van der Waals surface area (Å²) in [4.78, 5) is 31.5. The highest BCUT2D eigenvalue weighted by molar-refractivity contribution is 7.17. The molecule has 8 nitrogen and oxygen atoms in total. The summed E-state index contributed by atoms with van der Waals surface area (Å²) >= 11 is 1.48. The van der Waals surface area contributed by atoms with Gasteiger partial charge in [-0.2, -0.15) is 0 Å². The average Bonchev–Trinajstić information content (AvgIpc) is 3.31. The molecule has 0 radical (unpaired) electrons. The smallest absolute Gasteiger partial charge is 0.260 e. The summed E-state index contributed by atoms with van der Waals surface area (Å²) in [7, 11) is 0. The molecule has 0 saturated heterocycles. The monoisotopic (exact) mass is 433 g/mol. The second kappa shape index (κ2) is 8.27. The van der Waals surface area contributed by atoms with E-state index in [4.69, 9.17) is 4.63 Å². The number of pyridine rings is 1. The summed E-state index contributed by atoms with van der Waals surface area (Å²) < 4.78 is 4.70. The van der Waals surface area contributed by atoms with Crippen LogP contribution < -0.4 is 10.6 Å². The zero-order valence-electron chi connectivity index (χ0n) is 16.6. The van der Waals surface area contributed by atoms with Crippen molar-refractivity contribution in [1.82, 2.24) is 15.3 Å². The first-order chi connectivity index (χ1) is 15.2. The van der Waals surface area contributed by atoms with E-state index >= 15 is 0 Å². The highest BCUT2D eigenvalue weighted by Gasteiger charge is 2.26. The number of aryl methyl sites for hydroxylation is 1. The first-order valence-electron chi connectivity index (χ1n) is 10.1. The predicted molar refractivity (Wildman–Crippen MR) is 118 cm³/mol. The van der Waals surface area contributed by atoms with Gasteiger partial charge in [-0.15, -0.1) is 11.3 Å². The van der Waals surface area contributed by atoms with E-state index in [0.29, 0.717) is 33.0 Å². The zero-order valence-corrected chi connectivity index (χ0v) is 17.4.